The summed E-state index contributed by atoms with van der Waals surface area (Å²) in [5, 5.41) is 9.77. The molecule has 150 valence electrons. The van der Waals surface area contributed by atoms with Crippen LogP contribution in [0.5, 0.6) is 11.5 Å². The van der Waals surface area contributed by atoms with Gasteiger partial charge in [0.2, 0.25) is 0 Å². The van der Waals surface area contributed by atoms with Crippen LogP contribution >= 0.6 is 11.6 Å². The van der Waals surface area contributed by atoms with E-state index in [1.165, 1.54) is 12.3 Å². The highest BCUT2D eigenvalue weighted by Gasteiger charge is 2.28. The minimum absolute atomic E-state index is 0.139. The summed E-state index contributed by atoms with van der Waals surface area (Å²) in [4.78, 5) is 23.8. The van der Waals surface area contributed by atoms with E-state index in [0.29, 0.717) is 46.9 Å². The lowest BCUT2D eigenvalue weighted by atomic mass is 10.0. The van der Waals surface area contributed by atoms with Gasteiger partial charge in [-0.05, 0) is 17.9 Å². The molecule has 0 amide bonds. The summed E-state index contributed by atoms with van der Waals surface area (Å²) in [7, 11) is 0. The van der Waals surface area contributed by atoms with Crippen molar-refractivity contribution in [3.05, 3.63) is 45.2 Å². The van der Waals surface area contributed by atoms with Gasteiger partial charge in [0.05, 0.1) is 23.4 Å². The van der Waals surface area contributed by atoms with Crippen LogP contribution in [-0.4, -0.2) is 28.9 Å². The van der Waals surface area contributed by atoms with Crippen molar-refractivity contribution >= 4 is 17.6 Å². The summed E-state index contributed by atoms with van der Waals surface area (Å²) in [6, 6.07) is 4.65. The molecule has 0 spiro atoms. The van der Waals surface area contributed by atoms with E-state index in [1.807, 2.05) is 32.3 Å². The number of nitrogens with zero attached hydrogens (tertiary/aromatic N) is 1. The molecule has 2 heterocycles. The minimum Gasteiger partial charge on any atom is -0.492 e. The molecule has 1 aliphatic rings. The third kappa shape index (κ3) is 3.87. The van der Waals surface area contributed by atoms with Gasteiger partial charge in [-0.25, -0.2) is 4.79 Å². The SMILES string of the molecule is CC(C)COc1cc2c(cc1Cl)-c1cc(=O)c(C(=O)O)cn1[C@H](C(C)C)CO2. The lowest BCUT2D eigenvalue weighted by Gasteiger charge is -2.24. The van der Waals surface area contributed by atoms with Crippen molar-refractivity contribution < 1.29 is 19.4 Å². The third-order valence-electron chi connectivity index (χ3n) is 4.73. The number of aromatic nitrogens is 1. The molecule has 1 aliphatic heterocycles. The van der Waals surface area contributed by atoms with Crippen LogP contribution in [0.15, 0.2) is 29.2 Å². The summed E-state index contributed by atoms with van der Waals surface area (Å²) in [5.74, 6) is 0.332. The van der Waals surface area contributed by atoms with Crippen LogP contribution in [0.4, 0.5) is 0 Å². The van der Waals surface area contributed by atoms with Crippen LogP contribution in [0, 0.1) is 11.8 Å². The molecule has 2 aromatic rings. The Hall–Kier alpha value is -2.47. The Morgan fingerprint density at radius 2 is 2.04 bits per heavy atom. The fraction of sp³-hybridized carbons (Fsp3) is 0.429. The highest BCUT2D eigenvalue weighted by Crippen LogP contribution is 2.42. The highest BCUT2D eigenvalue weighted by atomic mass is 35.5. The minimum atomic E-state index is -1.25. The summed E-state index contributed by atoms with van der Waals surface area (Å²) < 4.78 is 13.6. The molecule has 1 aromatic carbocycles. The van der Waals surface area contributed by atoms with Gasteiger partial charge >= 0.3 is 5.97 Å². The molecule has 0 saturated heterocycles. The molecule has 0 aliphatic carbocycles. The number of benzene rings is 1. The fourth-order valence-corrected chi connectivity index (χ4v) is 3.41. The normalized spacial score (nSPS) is 15.6. The predicted molar refractivity (Wildman–Crippen MR) is 108 cm³/mol. The molecule has 28 heavy (non-hydrogen) atoms. The van der Waals surface area contributed by atoms with E-state index in [0.717, 1.165) is 0 Å². The van der Waals surface area contributed by atoms with E-state index in [2.05, 4.69) is 0 Å². The molecule has 7 heteroatoms. The van der Waals surface area contributed by atoms with Crippen LogP contribution in [0.1, 0.15) is 44.1 Å². The number of hydrogen-bond donors (Lipinski definition) is 1. The summed E-state index contributed by atoms with van der Waals surface area (Å²) in [6.45, 7) is 9.00. The van der Waals surface area contributed by atoms with E-state index in [1.54, 1.807) is 12.1 Å². The van der Waals surface area contributed by atoms with E-state index >= 15 is 0 Å². The quantitative estimate of drug-likeness (QED) is 0.792. The topological polar surface area (TPSA) is 77.8 Å². The Morgan fingerprint density at radius 3 is 2.64 bits per heavy atom. The number of fused-ring (bicyclic) bond motifs is 3. The number of ether oxygens (including phenoxy) is 2. The molecule has 1 aromatic heterocycles. The zero-order chi connectivity index (χ0) is 20.6. The van der Waals surface area contributed by atoms with Gasteiger partial charge in [0, 0.05) is 23.9 Å². The number of hydrogen-bond acceptors (Lipinski definition) is 4. The van der Waals surface area contributed by atoms with Crippen LogP contribution in [0.3, 0.4) is 0 Å². The predicted octanol–water partition coefficient (Wildman–Crippen LogP) is 4.49. The molecule has 0 bridgehead atoms. The lowest BCUT2D eigenvalue weighted by molar-refractivity contribution is 0.0694. The van der Waals surface area contributed by atoms with E-state index in [9.17, 15) is 14.7 Å². The second-order valence-electron chi connectivity index (χ2n) is 7.76. The number of pyridine rings is 1. The maximum atomic E-state index is 12.4. The van der Waals surface area contributed by atoms with Crippen molar-refractivity contribution in [3.8, 4) is 22.8 Å². The van der Waals surface area contributed by atoms with Gasteiger partial charge in [-0.15, -0.1) is 0 Å². The third-order valence-corrected chi connectivity index (χ3v) is 5.02. The molecule has 6 nitrogen and oxygen atoms in total. The fourth-order valence-electron chi connectivity index (χ4n) is 3.19. The van der Waals surface area contributed by atoms with Crippen LogP contribution < -0.4 is 14.9 Å². The lowest BCUT2D eigenvalue weighted by Crippen LogP contribution is -2.25. The van der Waals surface area contributed by atoms with E-state index in [-0.39, 0.29) is 17.5 Å². The van der Waals surface area contributed by atoms with Crippen molar-refractivity contribution in [3.63, 3.8) is 0 Å². The Morgan fingerprint density at radius 1 is 1.32 bits per heavy atom. The first kappa shape index (κ1) is 20.3. The van der Waals surface area contributed by atoms with Crippen LogP contribution in [0.2, 0.25) is 5.02 Å². The molecular formula is C21H24ClNO5. The van der Waals surface area contributed by atoms with E-state index < -0.39 is 11.4 Å². The highest BCUT2D eigenvalue weighted by molar-refractivity contribution is 6.32. The van der Waals surface area contributed by atoms with Gasteiger partial charge in [-0.1, -0.05) is 39.3 Å². The van der Waals surface area contributed by atoms with Crippen LogP contribution in [0.25, 0.3) is 11.3 Å². The van der Waals surface area contributed by atoms with Gasteiger partial charge in [-0.2, -0.15) is 0 Å². The Balaban J connectivity index is 2.19. The monoisotopic (exact) mass is 405 g/mol. The second-order valence-corrected chi connectivity index (χ2v) is 8.16. The van der Waals surface area contributed by atoms with Crippen molar-refractivity contribution in [1.82, 2.24) is 4.57 Å². The average Bonchev–Trinajstić information content (AvgIpc) is 2.75. The molecule has 1 N–H and O–H groups in total. The number of rotatable bonds is 5. The molecule has 1 atom stereocenters. The van der Waals surface area contributed by atoms with Crippen molar-refractivity contribution in [2.24, 2.45) is 11.8 Å². The molecular weight excluding hydrogens is 382 g/mol. The smallest absolute Gasteiger partial charge is 0.341 e. The number of carbonyl (C=O) groups is 1. The zero-order valence-electron chi connectivity index (χ0n) is 16.4. The summed E-state index contributed by atoms with van der Waals surface area (Å²) >= 11 is 6.42. The molecule has 0 fully saturated rings. The second kappa shape index (κ2) is 7.87. The van der Waals surface area contributed by atoms with Gasteiger partial charge in [0.25, 0.3) is 0 Å². The number of carboxylic acid groups (broad SMARTS) is 1. The average molecular weight is 406 g/mol. The molecule has 3 rings (SSSR count). The molecule has 0 saturated carbocycles. The molecule has 0 radical (unpaired) electrons. The van der Waals surface area contributed by atoms with Crippen molar-refractivity contribution in [1.29, 1.82) is 0 Å². The van der Waals surface area contributed by atoms with Crippen molar-refractivity contribution in [2.45, 2.75) is 33.7 Å². The first-order valence-electron chi connectivity index (χ1n) is 9.28. The Bertz CT molecular complexity index is 964. The number of halogens is 1. The van der Waals surface area contributed by atoms with Gasteiger partial charge in [0.1, 0.15) is 23.7 Å². The molecule has 0 unspecified atom stereocenters. The first-order valence-corrected chi connectivity index (χ1v) is 9.65. The van der Waals surface area contributed by atoms with Crippen molar-refractivity contribution in [2.75, 3.05) is 13.2 Å². The van der Waals surface area contributed by atoms with E-state index in [4.69, 9.17) is 21.1 Å². The van der Waals surface area contributed by atoms with Gasteiger partial charge < -0.3 is 19.1 Å². The number of aromatic carboxylic acids is 1. The Kier molecular flexibility index (Phi) is 5.70. The first-order chi connectivity index (χ1) is 13.2. The van der Waals surface area contributed by atoms with Gasteiger partial charge in [0.15, 0.2) is 5.43 Å². The maximum Gasteiger partial charge on any atom is 0.341 e. The zero-order valence-corrected chi connectivity index (χ0v) is 17.1. The van der Waals surface area contributed by atoms with Gasteiger partial charge in [-0.3, -0.25) is 4.79 Å². The summed E-state index contributed by atoms with van der Waals surface area (Å²) in [5.41, 5.74) is 0.406. The number of carboxylic acids is 1. The van der Waals surface area contributed by atoms with Crippen LogP contribution in [-0.2, 0) is 0 Å². The standard InChI is InChI=1S/C21H24ClNO5/c1-11(2)9-27-20-7-19-13(5-15(20)22)16-6-18(24)14(21(25)26)8-23(16)17(10-28-19)12(3)4/h5-8,11-12,17H,9-10H2,1-4H3,(H,25,26)/t17-/m0/s1. The summed E-state index contributed by atoms with van der Waals surface area (Å²) in [6.07, 6.45) is 1.40. The largest absolute Gasteiger partial charge is 0.492 e. The Labute approximate surface area is 168 Å². The maximum absolute atomic E-state index is 12.4.